The summed E-state index contributed by atoms with van der Waals surface area (Å²) in [4.78, 5) is 19.0. The molecule has 2 heterocycles. The zero-order valence-corrected chi connectivity index (χ0v) is 19.6. The highest BCUT2D eigenvalue weighted by atomic mass is 16.5. The number of aromatic nitrogens is 1. The minimum atomic E-state index is -0.687. The number of piperidine rings is 1. The standard InChI is InChI=1S/C27H36N2O4/c1-33-20-5-6-24-22(14-20)21(8-12-28-24)25(30)7-4-18-9-13-29(17-23(18)26(31)32)19-15-27(16-19)10-2-3-11-27/h5-6,8,12,14,18-19,23,25,30H,2-4,7,9-11,13,15-17H2,1H3,(H,31,32)/t18-,23+,25?/m1/s1. The monoisotopic (exact) mass is 452 g/mol. The molecule has 2 aromatic rings. The Hall–Kier alpha value is -2.18. The van der Waals surface area contributed by atoms with Gasteiger partial charge in [-0.3, -0.25) is 14.7 Å². The fourth-order valence-electron chi connectivity index (χ4n) is 6.81. The van der Waals surface area contributed by atoms with Gasteiger partial charge in [-0.15, -0.1) is 0 Å². The molecule has 6 nitrogen and oxygen atoms in total. The number of methoxy groups -OCH3 is 1. The zero-order chi connectivity index (χ0) is 23.0. The Morgan fingerprint density at radius 2 is 2.06 bits per heavy atom. The van der Waals surface area contributed by atoms with Crippen LogP contribution in [0, 0.1) is 17.3 Å². The van der Waals surface area contributed by atoms with Crippen molar-refractivity contribution in [2.75, 3.05) is 20.2 Å². The van der Waals surface area contributed by atoms with Crippen LogP contribution in [0.15, 0.2) is 30.5 Å². The average molecular weight is 453 g/mol. The fraction of sp³-hybridized carbons (Fsp3) is 0.630. The van der Waals surface area contributed by atoms with Crippen LogP contribution in [-0.2, 0) is 4.79 Å². The van der Waals surface area contributed by atoms with Gasteiger partial charge in [0.05, 0.1) is 24.6 Å². The van der Waals surface area contributed by atoms with Gasteiger partial charge in [0.1, 0.15) is 5.75 Å². The first-order valence-corrected chi connectivity index (χ1v) is 12.6. The minimum absolute atomic E-state index is 0.108. The van der Waals surface area contributed by atoms with Gasteiger partial charge in [0, 0.05) is 24.2 Å². The van der Waals surface area contributed by atoms with Crippen molar-refractivity contribution < 1.29 is 19.7 Å². The number of rotatable bonds is 7. The third kappa shape index (κ3) is 4.47. The number of nitrogens with zero attached hydrogens (tertiary/aromatic N) is 2. The topological polar surface area (TPSA) is 82.9 Å². The molecular weight excluding hydrogens is 416 g/mol. The number of aliphatic carboxylic acids is 1. The number of likely N-dealkylation sites (tertiary alicyclic amines) is 1. The molecule has 2 aliphatic carbocycles. The quantitative estimate of drug-likeness (QED) is 0.628. The van der Waals surface area contributed by atoms with Gasteiger partial charge in [-0.05, 0) is 92.7 Å². The van der Waals surface area contributed by atoms with E-state index < -0.39 is 12.1 Å². The van der Waals surface area contributed by atoms with Gasteiger partial charge < -0.3 is 14.9 Å². The summed E-state index contributed by atoms with van der Waals surface area (Å²) in [6.07, 6.45) is 11.3. The first kappa shape index (κ1) is 22.6. The van der Waals surface area contributed by atoms with E-state index in [-0.39, 0.29) is 11.8 Å². The SMILES string of the molecule is COc1ccc2nccc(C(O)CC[C@@H]3CCN(C4CC5(CCCC5)C4)C[C@@H]3C(=O)O)c2c1. The highest BCUT2D eigenvalue weighted by Crippen LogP contribution is 2.55. The summed E-state index contributed by atoms with van der Waals surface area (Å²) in [5, 5.41) is 21.9. The van der Waals surface area contributed by atoms with Gasteiger partial charge in [0.2, 0.25) is 0 Å². The van der Waals surface area contributed by atoms with E-state index in [1.54, 1.807) is 13.3 Å². The van der Waals surface area contributed by atoms with Crippen LogP contribution < -0.4 is 4.74 Å². The largest absolute Gasteiger partial charge is 0.497 e. The third-order valence-electron chi connectivity index (χ3n) is 8.77. The summed E-state index contributed by atoms with van der Waals surface area (Å²) in [5.41, 5.74) is 2.24. The number of hydrogen-bond donors (Lipinski definition) is 2. The number of ether oxygens (including phenoxy) is 1. The van der Waals surface area contributed by atoms with Crippen LogP contribution in [0.5, 0.6) is 5.75 Å². The molecule has 1 aromatic carbocycles. The van der Waals surface area contributed by atoms with E-state index in [0.717, 1.165) is 35.2 Å². The highest BCUT2D eigenvalue weighted by molar-refractivity contribution is 5.83. The predicted octanol–water partition coefficient (Wildman–Crippen LogP) is 4.80. The van der Waals surface area contributed by atoms with Crippen molar-refractivity contribution >= 4 is 16.9 Å². The van der Waals surface area contributed by atoms with Crippen molar-refractivity contribution in [3.63, 3.8) is 0 Å². The first-order chi connectivity index (χ1) is 16.0. The Kier molecular flexibility index (Phi) is 6.32. The van der Waals surface area contributed by atoms with Gasteiger partial charge in [0.15, 0.2) is 0 Å². The first-order valence-electron chi connectivity index (χ1n) is 12.6. The molecular formula is C27H36N2O4. The van der Waals surface area contributed by atoms with Crippen molar-refractivity contribution in [2.24, 2.45) is 17.3 Å². The Balaban J connectivity index is 1.21. The Morgan fingerprint density at radius 1 is 1.27 bits per heavy atom. The van der Waals surface area contributed by atoms with Crippen molar-refractivity contribution in [2.45, 2.75) is 69.9 Å². The molecule has 1 unspecified atom stereocenters. The van der Waals surface area contributed by atoms with Gasteiger partial charge in [-0.1, -0.05) is 12.8 Å². The lowest BCUT2D eigenvalue weighted by molar-refractivity contribution is -0.148. The molecule has 2 saturated carbocycles. The lowest BCUT2D eigenvalue weighted by Gasteiger charge is -2.53. The number of pyridine rings is 1. The van der Waals surface area contributed by atoms with Gasteiger partial charge in [0.25, 0.3) is 0 Å². The molecule has 1 saturated heterocycles. The van der Waals surface area contributed by atoms with E-state index in [2.05, 4.69) is 9.88 Å². The summed E-state index contributed by atoms with van der Waals surface area (Å²) >= 11 is 0. The van der Waals surface area contributed by atoms with Crippen LogP contribution in [0.1, 0.15) is 69.5 Å². The number of aliphatic hydroxyl groups is 1. The van der Waals surface area contributed by atoms with Crippen LogP contribution in [0.4, 0.5) is 0 Å². The molecule has 6 heteroatoms. The summed E-state index contributed by atoms with van der Waals surface area (Å²) in [6, 6.07) is 8.12. The molecule has 5 rings (SSSR count). The maximum atomic E-state index is 12.1. The molecule has 1 aliphatic heterocycles. The number of aliphatic hydroxyl groups excluding tert-OH is 1. The van der Waals surface area contributed by atoms with Crippen molar-refractivity contribution in [1.29, 1.82) is 0 Å². The van der Waals surface area contributed by atoms with E-state index in [1.807, 2.05) is 24.3 Å². The average Bonchev–Trinajstić information content (AvgIpc) is 3.31. The van der Waals surface area contributed by atoms with E-state index in [4.69, 9.17) is 4.74 Å². The smallest absolute Gasteiger partial charge is 0.308 e. The van der Waals surface area contributed by atoms with E-state index in [0.29, 0.717) is 30.8 Å². The molecule has 3 atom stereocenters. The second-order valence-corrected chi connectivity index (χ2v) is 10.6. The van der Waals surface area contributed by atoms with Gasteiger partial charge in [-0.2, -0.15) is 0 Å². The second kappa shape index (κ2) is 9.22. The number of carboxylic acid groups (broad SMARTS) is 1. The molecule has 1 aromatic heterocycles. The van der Waals surface area contributed by atoms with Gasteiger partial charge in [-0.25, -0.2) is 0 Å². The number of carboxylic acids is 1. The van der Waals surface area contributed by atoms with E-state index in [9.17, 15) is 15.0 Å². The van der Waals surface area contributed by atoms with Crippen molar-refractivity contribution in [1.82, 2.24) is 9.88 Å². The molecule has 0 bridgehead atoms. The van der Waals surface area contributed by atoms with Crippen LogP contribution in [0.3, 0.4) is 0 Å². The summed E-state index contributed by atoms with van der Waals surface area (Å²) < 4.78 is 5.35. The zero-order valence-electron chi connectivity index (χ0n) is 19.6. The van der Waals surface area contributed by atoms with Crippen LogP contribution in [0.2, 0.25) is 0 Å². The number of benzene rings is 1. The maximum absolute atomic E-state index is 12.1. The molecule has 0 amide bonds. The molecule has 3 fully saturated rings. The van der Waals surface area contributed by atoms with Crippen LogP contribution >= 0.6 is 0 Å². The maximum Gasteiger partial charge on any atom is 0.308 e. The Labute approximate surface area is 196 Å². The highest BCUT2D eigenvalue weighted by Gasteiger charge is 2.49. The van der Waals surface area contributed by atoms with Crippen LogP contribution in [-0.4, -0.2) is 52.3 Å². The normalized spacial score (nSPS) is 26.4. The van der Waals surface area contributed by atoms with E-state index >= 15 is 0 Å². The van der Waals surface area contributed by atoms with E-state index in [1.165, 1.54) is 38.5 Å². The lowest BCUT2D eigenvalue weighted by Crippen LogP contribution is -2.55. The second-order valence-electron chi connectivity index (χ2n) is 10.6. The third-order valence-corrected chi connectivity index (χ3v) is 8.77. The van der Waals surface area contributed by atoms with Gasteiger partial charge >= 0.3 is 5.97 Å². The van der Waals surface area contributed by atoms with Crippen molar-refractivity contribution in [3.8, 4) is 5.75 Å². The van der Waals surface area contributed by atoms with Crippen molar-refractivity contribution in [3.05, 3.63) is 36.0 Å². The molecule has 1 spiro atoms. The molecule has 3 aliphatic rings. The number of fused-ring (bicyclic) bond motifs is 1. The summed E-state index contributed by atoms with van der Waals surface area (Å²) in [5.74, 6) is -0.192. The summed E-state index contributed by atoms with van der Waals surface area (Å²) in [7, 11) is 1.63. The molecule has 33 heavy (non-hydrogen) atoms. The predicted molar refractivity (Wildman–Crippen MR) is 127 cm³/mol. The Bertz CT molecular complexity index is 995. The Morgan fingerprint density at radius 3 is 2.79 bits per heavy atom. The van der Waals surface area contributed by atoms with Crippen LogP contribution in [0.25, 0.3) is 10.9 Å². The summed E-state index contributed by atoms with van der Waals surface area (Å²) in [6.45, 7) is 1.65. The number of carbonyl (C=O) groups is 1. The fourth-order valence-corrected chi connectivity index (χ4v) is 6.81. The number of hydrogen-bond acceptors (Lipinski definition) is 5. The molecule has 0 radical (unpaired) electrons. The lowest BCUT2D eigenvalue weighted by atomic mass is 9.63. The minimum Gasteiger partial charge on any atom is -0.497 e. The molecule has 2 N–H and O–H groups in total. The molecule has 178 valence electrons.